The van der Waals surface area contributed by atoms with Crippen molar-refractivity contribution < 1.29 is 0 Å². The lowest BCUT2D eigenvalue weighted by atomic mass is 9.97. The summed E-state index contributed by atoms with van der Waals surface area (Å²) in [4.78, 5) is 3.97. The average Bonchev–Trinajstić information content (AvgIpc) is 2.12. The van der Waals surface area contributed by atoms with E-state index >= 15 is 0 Å². The Morgan fingerprint density at radius 2 is 2.10 bits per heavy atom. The molecule has 0 bridgehead atoms. The number of imidazole rings is 1. The summed E-state index contributed by atoms with van der Waals surface area (Å²) in [6.07, 6.45) is 5.66. The molecule has 0 aromatic carbocycles. The lowest BCUT2D eigenvalue weighted by Crippen LogP contribution is -2.13. The molecule has 0 unspecified atom stereocenters. The van der Waals surface area contributed by atoms with Crippen molar-refractivity contribution in [3.8, 4) is 0 Å². The SMILES string of the molecule is CC(C)(C)Cn1ccnc1. The molecule has 0 aliphatic heterocycles. The highest BCUT2D eigenvalue weighted by Crippen LogP contribution is 2.15. The molecular formula is C8H14N2. The van der Waals surface area contributed by atoms with Crippen LogP contribution < -0.4 is 0 Å². The molecule has 0 radical (unpaired) electrons. The van der Waals surface area contributed by atoms with Gasteiger partial charge in [-0.2, -0.15) is 0 Å². The predicted octanol–water partition coefficient (Wildman–Crippen LogP) is 1.93. The third-order valence-electron chi connectivity index (χ3n) is 1.22. The summed E-state index contributed by atoms with van der Waals surface area (Å²) >= 11 is 0. The molecule has 0 N–H and O–H groups in total. The fourth-order valence-corrected chi connectivity index (χ4v) is 0.928. The van der Waals surface area contributed by atoms with Gasteiger partial charge in [0.15, 0.2) is 0 Å². The van der Waals surface area contributed by atoms with Crippen molar-refractivity contribution in [3.05, 3.63) is 18.7 Å². The van der Waals surface area contributed by atoms with E-state index in [1.807, 2.05) is 18.7 Å². The second-order valence-corrected chi connectivity index (χ2v) is 3.80. The molecule has 56 valence electrons. The summed E-state index contributed by atoms with van der Waals surface area (Å²) in [6.45, 7) is 7.68. The van der Waals surface area contributed by atoms with Crippen molar-refractivity contribution in [2.45, 2.75) is 27.3 Å². The molecule has 0 aliphatic carbocycles. The van der Waals surface area contributed by atoms with Gasteiger partial charge in [-0.15, -0.1) is 0 Å². The van der Waals surface area contributed by atoms with Crippen LogP contribution in [-0.2, 0) is 6.54 Å². The van der Waals surface area contributed by atoms with Crippen LogP contribution in [-0.4, -0.2) is 9.55 Å². The molecule has 1 aromatic rings. The third kappa shape index (κ3) is 2.21. The van der Waals surface area contributed by atoms with E-state index in [2.05, 4.69) is 30.3 Å². The van der Waals surface area contributed by atoms with Gasteiger partial charge in [-0.05, 0) is 5.41 Å². The first-order valence-corrected chi connectivity index (χ1v) is 3.54. The number of hydrogen-bond acceptors (Lipinski definition) is 1. The van der Waals surface area contributed by atoms with E-state index in [1.54, 1.807) is 0 Å². The van der Waals surface area contributed by atoms with Gasteiger partial charge in [0.25, 0.3) is 0 Å². The first-order valence-electron chi connectivity index (χ1n) is 3.54. The second-order valence-electron chi connectivity index (χ2n) is 3.80. The zero-order valence-corrected chi connectivity index (χ0v) is 6.83. The molecule has 1 rings (SSSR count). The third-order valence-corrected chi connectivity index (χ3v) is 1.22. The Morgan fingerprint density at radius 3 is 2.50 bits per heavy atom. The number of hydrogen-bond donors (Lipinski definition) is 0. The van der Waals surface area contributed by atoms with Crippen LogP contribution in [0.2, 0.25) is 0 Å². The van der Waals surface area contributed by atoms with Crippen molar-refractivity contribution in [3.63, 3.8) is 0 Å². The number of nitrogens with zero attached hydrogens (tertiary/aromatic N) is 2. The largest absolute Gasteiger partial charge is 0.337 e. The number of rotatable bonds is 1. The van der Waals surface area contributed by atoms with Crippen LogP contribution in [0, 0.1) is 5.41 Å². The predicted molar refractivity (Wildman–Crippen MR) is 41.7 cm³/mol. The molecule has 0 amide bonds. The molecule has 0 atom stereocenters. The Hall–Kier alpha value is -0.790. The fourth-order valence-electron chi connectivity index (χ4n) is 0.928. The van der Waals surface area contributed by atoms with Crippen LogP contribution >= 0.6 is 0 Å². The van der Waals surface area contributed by atoms with Crippen molar-refractivity contribution in [2.24, 2.45) is 5.41 Å². The highest BCUT2D eigenvalue weighted by atomic mass is 15.0. The quantitative estimate of drug-likeness (QED) is 0.579. The van der Waals surface area contributed by atoms with Gasteiger partial charge in [0.05, 0.1) is 6.33 Å². The topological polar surface area (TPSA) is 17.8 Å². The van der Waals surface area contributed by atoms with E-state index in [1.165, 1.54) is 0 Å². The van der Waals surface area contributed by atoms with Gasteiger partial charge < -0.3 is 4.57 Å². The molecule has 0 saturated heterocycles. The van der Waals surface area contributed by atoms with Gasteiger partial charge in [0.2, 0.25) is 0 Å². The molecular weight excluding hydrogens is 124 g/mol. The van der Waals surface area contributed by atoms with E-state index in [0.29, 0.717) is 5.41 Å². The minimum Gasteiger partial charge on any atom is -0.337 e. The van der Waals surface area contributed by atoms with Crippen LogP contribution in [0.5, 0.6) is 0 Å². The van der Waals surface area contributed by atoms with Crippen molar-refractivity contribution in [1.82, 2.24) is 9.55 Å². The Kier molecular flexibility index (Phi) is 1.79. The molecule has 2 heteroatoms. The fraction of sp³-hybridized carbons (Fsp3) is 0.625. The van der Waals surface area contributed by atoms with Crippen molar-refractivity contribution in [1.29, 1.82) is 0 Å². The van der Waals surface area contributed by atoms with Crippen molar-refractivity contribution >= 4 is 0 Å². The van der Waals surface area contributed by atoms with E-state index < -0.39 is 0 Å². The molecule has 1 aromatic heterocycles. The lowest BCUT2D eigenvalue weighted by molar-refractivity contribution is 0.343. The average molecular weight is 138 g/mol. The molecule has 0 spiro atoms. The monoisotopic (exact) mass is 138 g/mol. The van der Waals surface area contributed by atoms with Crippen LogP contribution in [0.25, 0.3) is 0 Å². The Labute approximate surface area is 61.9 Å². The van der Waals surface area contributed by atoms with Crippen LogP contribution in [0.4, 0.5) is 0 Å². The van der Waals surface area contributed by atoms with Gasteiger partial charge in [0, 0.05) is 18.9 Å². The van der Waals surface area contributed by atoms with Crippen molar-refractivity contribution in [2.75, 3.05) is 0 Å². The molecule has 1 heterocycles. The molecule has 0 aliphatic rings. The molecule has 0 fully saturated rings. The second kappa shape index (κ2) is 2.45. The zero-order chi connectivity index (χ0) is 7.61. The van der Waals surface area contributed by atoms with Gasteiger partial charge in [0.1, 0.15) is 0 Å². The number of aromatic nitrogens is 2. The highest BCUT2D eigenvalue weighted by Gasteiger charge is 2.09. The normalized spacial score (nSPS) is 11.9. The minimum absolute atomic E-state index is 0.348. The summed E-state index contributed by atoms with van der Waals surface area (Å²) in [5, 5.41) is 0. The standard InChI is InChI=1S/C8H14N2/c1-8(2,3)6-10-5-4-9-7-10/h4-5,7H,6H2,1-3H3. The van der Waals surface area contributed by atoms with E-state index in [0.717, 1.165) is 6.54 Å². The first-order chi connectivity index (χ1) is 4.58. The summed E-state index contributed by atoms with van der Waals surface area (Å²) in [5.74, 6) is 0. The Balaban J connectivity index is 2.57. The van der Waals surface area contributed by atoms with E-state index in [-0.39, 0.29) is 0 Å². The summed E-state index contributed by atoms with van der Waals surface area (Å²) in [6, 6.07) is 0. The van der Waals surface area contributed by atoms with Crippen LogP contribution in [0.1, 0.15) is 20.8 Å². The zero-order valence-electron chi connectivity index (χ0n) is 6.83. The summed E-state index contributed by atoms with van der Waals surface area (Å²) < 4.78 is 2.10. The summed E-state index contributed by atoms with van der Waals surface area (Å²) in [7, 11) is 0. The van der Waals surface area contributed by atoms with E-state index in [4.69, 9.17) is 0 Å². The molecule has 2 nitrogen and oxygen atoms in total. The highest BCUT2D eigenvalue weighted by molar-refractivity contribution is 4.76. The maximum absolute atomic E-state index is 3.97. The van der Waals surface area contributed by atoms with Gasteiger partial charge in [-0.1, -0.05) is 20.8 Å². The van der Waals surface area contributed by atoms with Gasteiger partial charge in [-0.25, -0.2) is 4.98 Å². The first kappa shape index (κ1) is 7.32. The summed E-state index contributed by atoms with van der Waals surface area (Å²) in [5.41, 5.74) is 0.348. The Bertz CT molecular complexity index is 182. The molecule has 0 saturated carbocycles. The smallest absolute Gasteiger partial charge is 0.0946 e. The maximum atomic E-state index is 3.97. The van der Waals surface area contributed by atoms with Crippen LogP contribution in [0.3, 0.4) is 0 Å². The lowest BCUT2D eigenvalue weighted by Gasteiger charge is -2.17. The maximum Gasteiger partial charge on any atom is 0.0946 e. The van der Waals surface area contributed by atoms with E-state index in [9.17, 15) is 0 Å². The Morgan fingerprint density at radius 1 is 1.40 bits per heavy atom. The van der Waals surface area contributed by atoms with Gasteiger partial charge >= 0.3 is 0 Å². The van der Waals surface area contributed by atoms with Gasteiger partial charge in [-0.3, -0.25) is 0 Å². The molecule has 10 heavy (non-hydrogen) atoms. The van der Waals surface area contributed by atoms with Crippen LogP contribution in [0.15, 0.2) is 18.7 Å². The minimum atomic E-state index is 0.348.